The number of aromatic nitrogens is 3. The van der Waals surface area contributed by atoms with Crippen molar-refractivity contribution < 1.29 is 9.18 Å². The molecule has 6 heteroatoms. The number of aryl methyl sites for hydroxylation is 2. The number of aromatic amines is 1. The molecule has 1 amide bonds. The van der Waals surface area contributed by atoms with E-state index in [0.29, 0.717) is 13.1 Å². The molecule has 1 fully saturated rings. The summed E-state index contributed by atoms with van der Waals surface area (Å²) in [6.45, 7) is 6.50. The van der Waals surface area contributed by atoms with Gasteiger partial charge in [0.25, 0.3) is 5.91 Å². The van der Waals surface area contributed by atoms with Crippen molar-refractivity contribution in [2.45, 2.75) is 52.0 Å². The molecule has 1 aliphatic heterocycles. The quantitative estimate of drug-likeness (QED) is 0.434. The van der Waals surface area contributed by atoms with Crippen molar-refractivity contribution in [3.8, 4) is 0 Å². The number of halogens is 1. The highest BCUT2D eigenvalue weighted by atomic mass is 19.1. The summed E-state index contributed by atoms with van der Waals surface area (Å²) >= 11 is 0. The number of nitrogens with one attached hydrogen (secondary N) is 1. The summed E-state index contributed by atoms with van der Waals surface area (Å²) in [6.07, 6.45) is 3.84. The number of unbranched alkanes of at least 4 members (excludes halogenated alkanes) is 1. The van der Waals surface area contributed by atoms with Crippen molar-refractivity contribution in [2.75, 3.05) is 13.1 Å². The number of benzene rings is 2. The Morgan fingerprint density at radius 3 is 2.75 bits per heavy atom. The van der Waals surface area contributed by atoms with Gasteiger partial charge in [0.15, 0.2) is 0 Å². The lowest BCUT2D eigenvalue weighted by atomic mass is 9.96. The summed E-state index contributed by atoms with van der Waals surface area (Å²) in [6, 6.07) is 12.9. The molecule has 4 aromatic rings. The number of hydrogen-bond acceptors (Lipinski definition) is 2. The average Bonchev–Trinajstić information content (AvgIpc) is 3.36. The van der Waals surface area contributed by atoms with Crippen LogP contribution in [0.3, 0.4) is 0 Å². The van der Waals surface area contributed by atoms with Crippen LogP contribution in [-0.4, -0.2) is 38.4 Å². The van der Waals surface area contributed by atoms with Crippen LogP contribution in [0.5, 0.6) is 0 Å². The predicted molar refractivity (Wildman–Crippen MR) is 126 cm³/mol. The Morgan fingerprint density at radius 1 is 1.19 bits per heavy atom. The lowest BCUT2D eigenvalue weighted by Crippen LogP contribution is -2.39. The number of carbonyl (C=O) groups excluding carboxylic acids is 1. The van der Waals surface area contributed by atoms with Crippen molar-refractivity contribution in [1.29, 1.82) is 0 Å². The summed E-state index contributed by atoms with van der Waals surface area (Å²) in [5.41, 5.74) is 4.57. The van der Waals surface area contributed by atoms with Crippen LogP contribution < -0.4 is 0 Å². The first kappa shape index (κ1) is 20.7. The van der Waals surface area contributed by atoms with Gasteiger partial charge < -0.3 is 14.5 Å². The van der Waals surface area contributed by atoms with Gasteiger partial charge in [0.05, 0.1) is 11.0 Å². The third kappa shape index (κ3) is 3.57. The van der Waals surface area contributed by atoms with Crippen molar-refractivity contribution in [2.24, 2.45) is 0 Å². The van der Waals surface area contributed by atoms with Crippen LogP contribution in [0.4, 0.5) is 4.39 Å². The zero-order valence-electron chi connectivity index (χ0n) is 18.7. The molecule has 0 aliphatic carbocycles. The third-order valence-electron chi connectivity index (χ3n) is 6.79. The van der Waals surface area contributed by atoms with Crippen molar-refractivity contribution in [3.63, 3.8) is 0 Å². The van der Waals surface area contributed by atoms with Crippen LogP contribution in [0.2, 0.25) is 0 Å². The maximum absolute atomic E-state index is 13.6. The second-order valence-corrected chi connectivity index (χ2v) is 8.85. The maximum atomic E-state index is 13.6. The molecule has 1 saturated heterocycles. The second kappa shape index (κ2) is 8.41. The summed E-state index contributed by atoms with van der Waals surface area (Å²) in [5.74, 6) is 1.01. The number of hydrogen-bond donors (Lipinski definition) is 1. The molecule has 32 heavy (non-hydrogen) atoms. The third-order valence-corrected chi connectivity index (χ3v) is 6.79. The van der Waals surface area contributed by atoms with Gasteiger partial charge in [-0.15, -0.1) is 0 Å². The number of carbonyl (C=O) groups is 1. The van der Waals surface area contributed by atoms with E-state index in [-0.39, 0.29) is 17.6 Å². The smallest absolute Gasteiger partial charge is 0.270 e. The average molecular weight is 433 g/mol. The van der Waals surface area contributed by atoms with E-state index in [0.717, 1.165) is 71.2 Å². The van der Waals surface area contributed by atoms with Crippen LogP contribution in [-0.2, 0) is 6.54 Å². The largest absolute Gasteiger partial charge is 0.342 e. The highest BCUT2D eigenvalue weighted by Gasteiger charge is 2.29. The summed E-state index contributed by atoms with van der Waals surface area (Å²) < 4.78 is 15.7. The van der Waals surface area contributed by atoms with E-state index in [2.05, 4.69) is 40.5 Å². The molecule has 1 aliphatic rings. The summed E-state index contributed by atoms with van der Waals surface area (Å²) in [5, 5.41) is 1.16. The SMILES string of the molecule is CCCCn1c(C(=O)N2CCC(c3nc4ccc(F)cc4[nH]3)CC2)c(C)c2ccccc21. The number of fused-ring (bicyclic) bond motifs is 2. The number of rotatable bonds is 5. The maximum Gasteiger partial charge on any atom is 0.270 e. The van der Waals surface area contributed by atoms with Crippen LogP contribution in [0.25, 0.3) is 21.9 Å². The number of piperidine rings is 1. The fraction of sp³-hybridized carbons (Fsp3) is 0.385. The highest BCUT2D eigenvalue weighted by Crippen LogP contribution is 2.31. The van der Waals surface area contributed by atoms with Gasteiger partial charge in [-0.25, -0.2) is 9.37 Å². The molecule has 5 nitrogen and oxygen atoms in total. The van der Waals surface area contributed by atoms with Gasteiger partial charge >= 0.3 is 0 Å². The van der Waals surface area contributed by atoms with E-state index in [4.69, 9.17) is 0 Å². The Balaban J connectivity index is 1.37. The van der Waals surface area contributed by atoms with Gasteiger partial charge in [-0.05, 0) is 56.0 Å². The first-order valence-electron chi connectivity index (χ1n) is 11.6. The van der Waals surface area contributed by atoms with E-state index in [1.54, 1.807) is 6.07 Å². The van der Waals surface area contributed by atoms with Gasteiger partial charge in [0, 0.05) is 36.5 Å². The Kier molecular flexibility index (Phi) is 5.45. The molecule has 0 saturated carbocycles. The van der Waals surface area contributed by atoms with Gasteiger partial charge in [-0.2, -0.15) is 0 Å². The van der Waals surface area contributed by atoms with Crippen LogP contribution in [0, 0.1) is 12.7 Å². The minimum Gasteiger partial charge on any atom is -0.342 e. The monoisotopic (exact) mass is 432 g/mol. The van der Waals surface area contributed by atoms with Crippen molar-refractivity contribution in [3.05, 3.63) is 65.4 Å². The molecule has 5 rings (SSSR count). The molecule has 0 unspecified atom stereocenters. The lowest BCUT2D eigenvalue weighted by molar-refractivity contribution is 0.0700. The molecule has 0 bridgehead atoms. The van der Waals surface area contributed by atoms with E-state index in [1.165, 1.54) is 12.1 Å². The van der Waals surface area contributed by atoms with Crippen LogP contribution in [0.15, 0.2) is 42.5 Å². The van der Waals surface area contributed by atoms with Gasteiger partial charge in [-0.3, -0.25) is 4.79 Å². The van der Waals surface area contributed by atoms with E-state index in [1.807, 2.05) is 17.0 Å². The Hall–Kier alpha value is -3.15. The van der Waals surface area contributed by atoms with Crippen molar-refractivity contribution >= 4 is 27.8 Å². The molecule has 2 aromatic carbocycles. The van der Waals surface area contributed by atoms with Crippen molar-refractivity contribution in [1.82, 2.24) is 19.4 Å². The van der Waals surface area contributed by atoms with E-state index >= 15 is 0 Å². The standard InChI is InChI=1S/C26H29FN4O/c1-3-4-13-31-23-8-6-5-7-20(23)17(2)24(31)26(32)30-14-11-18(12-15-30)25-28-21-10-9-19(27)16-22(21)29-25/h5-10,16,18H,3-4,11-15H2,1-2H3,(H,28,29). The van der Waals surface area contributed by atoms with Crippen LogP contribution in [0.1, 0.15) is 60.4 Å². The Labute approximate surface area is 187 Å². The van der Waals surface area contributed by atoms with E-state index in [9.17, 15) is 9.18 Å². The number of likely N-dealkylation sites (tertiary alicyclic amines) is 1. The minimum absolute atomic E-state index is 0.125. The van der Waals surface area contributed by atoms with Crippen LogP contribution >= 0.6 is 0 Å². The minimum atomic E-state index is -0.262. The topological polar surface area (TPSA) is 53.9 Å². The molecule has 3 heterocycles. The Bertz CT molecular complexity index is 1280. The van der Waals surface area contributed by atoms with E-state index < -0.39 is 0 Å². The zero-order valence-corrected chi connectivity index (χ0v) is 18.7. The fourth-order valence-corrected chi connectivity index (χ4v) is 5.00. The zero-order chi connectivity index (χ0) is 22.2. The number of H-pyrrole nitrogens is 1. The fourth-order valence-electron chi connectivity index (χ4n) is 5.00. The van der Waals surface area contributed by atoms with Gasteiger partial charge in [0.1, 0.15) is 17.3 Å². The highest BCUT2D eigenvalue weighted by molar-refractivity contribution is 6.01. The first-order valence-corrected chi connectivity index (χ1v) is 11.6. The summed E-state index contributed by atoms with van der Waals surface area (Å²) in [7, 11) is 0. The lowest BCUT2D eigenvalue weighted by Gasteiger charge is -2.31. The molecule has 0 atom stereocenters. The van der Waals surface area contributed by atoms with Gasteiger partial charge in [-0.1, -0.05) is 31.5 Å². The molecule has 0 spiro atoms. The number of para-hydroxylation sites is 1. The molecular weight excluding hydrogens is 403 g/mol. The van der Waals surface area contributed by atoms with Gasteiger partial charge in [0.2, 0.25) is 0 Å². The molecular formula is C26H29FN4O. The summed E-state index contributed by atoms with van der Waals surface area (Å²) in [4.78, 5) is 23.6. The molecule has 1 N–H and O–H groups in total. The number of imidazole rings is 1. The first-order chi connectivity index (χ1) is 15.6. The molecule has 166 valence electrons. The number of nitrogens with zero attached hydrogens (tertiary/aromatic N) is 3. The number of amides is 1. The predicted octanol–water partition coefficient (Wildman–Crippen LogP) is 5.79. The second-order valence-electron chi connectivity index (χ2n) is 8.85. The normalized spacial score (nSPS) is 15.2. The molecule has 2 aromatic heterocycles. The Morgan fingerprint density at radius 2 is 1.97 bits per heavy atom. The molecule has 0 radical (unpaired) electrons.